The highest BCUT2D eigenvalue weighted by atomic mass is 19.1. The molecule has 0 amide bonds. The van der Waals surface area contributed by atoms with Crippen molar-refractivity contribution in [1.82, 2.24) is 4.90 Å². The predicted molar refractivity (Wildman–Crippen MR) is 74.5 cm³/mol. The molecule has 0 saturated carbocycles. The van der Waals surface area contributed by atoms with E-state index in [0.717, 1.165) is 18.7 Å². The van der Waals surface area contributed by atoms with Crippen molar-refractivity contribution in [3.05, 3.63) is 35.1 Å². The Morgan fingerprint density at radius 2 is 2.21 bits per heavy atom. The van der Waals surface area contributed by atoms with Crippen LogP contribution in [0.15, 0.2) is 18.2 Å². The summed E-state index contributed by atoms with van der Waals surface area (Å²) in [5.41, 5.74) is 7.35. The number of hydrogen-bond donors (Lipinski definition) is 1. The van der Waals surface area contributed by atoms with Crippen LogP contribution < -0.4 is 5.73 Å². The Morgan fingerprint density at radius 3 is 2.79 bits per heavy atom. The summed E-state index contributed by atoms with van der Waals surface area (Å²) in [4.78, 5) is 2.29. The van der Waals surface area contributed by atoms with Crippen molar-refractivity contribution in [2.45, 2.75) is 32.4 Å². The minimum absolute atomic E-state index is 0.0540. The normalized spacial score (nSPS) is 21.3. The van der Waals surface area contributed by atoms with Gasteiger partial charge in [0.1, 0.15) is 5.82 Å². The molecule has 0 aromatic heterocycles. The number of nitrogens with two attached hydrogens (primary N) is 1. The molecule has 19 heavy (non-hydrogen) atoms. The van der Waals surface area contributed by atoms with Crippen molar-refractivity contribution in [1.29, 1.82) is 0 Å². The molecule has 1 atom stereocenters. The predicted octanol–water partition coefficient (Wildman–Crippen LogP) is 2.24. The summed E-state index contributed by atoms with van der Waals surface area (Å²) in [6, 6.07) is 5.45. The third kappa shape index (κ3) is 3.32. The molecule has 1 aromatic carbocycles. The van der Waals surface area contributed by atoms with Gasteiger partial charge < -0.3 is 10.5 Å². The van der Waals surface area contributed by atoms with Crippen molar-refractivity contribution in [3.8, 4) is 0 Å². The summed E-state index contributed by atoms with van der Waals surface area (Å²) in [6.07, 6.45) is 0. The van der Waals surface area contributed by atoms with E-state index in [1.54, 1.807) is 13.0 Å². The zero-order valence-electron chi connectivity index (χ0n) is 11.9. The maximum Gasteiger partial charge on any atom is 0.126 e. The van der Waals surface area contributed by atoms with E-state index >= 15 is 0 Å². The fourth-order valence-corrected chi connectivity index (χ4v) is 2.63. The zero-order chi connectivity index (χ0) is 14.0. The number of ether oxygens (including phenoxy) is 1. The molecular weight excluding hydrogens is 243 g/mol. The second-order valence-corrected chi connectivity index (χ2v) is 5.84. The van der Waals surface area contributed by atoms with Gasteiger partial charge in [0.2, 0.25) is 0 Å². The van der Waals surface area contributed by atoms with Crippen LogP contribution in [0.25, 0.3) is 0 Å². The van der Waals surface area contributed by atoms with Crippen LogP contribution in [-0.4, -0.2) is 36.7 Å². The molecule has 1 fully saturated rings. The lowest BCUT2D eigenvalue weighted by molar-refractivity contribution is -0.0967. The second kappa shape index (κ2) is 5.57. The Kier molecular flexibility index (Phi) is 4.23. The monoisotopic (exact) mass is 266 g/mol. The molecule has 0 spiro atoms. The minimum Gasteiger partial charge on any atom is -0.373 e. The van der Waals surface area contributed by atoms with Gasteiger partial charge in [-0.3, -0.25) is 4.90 Å². The van der Waals surface area contributed by atoms with Crippen LogP contribution in [0.5, 0.6) is 0 Å². The summed E-state index contributed by atoms with van der Waals surface area (Å²) < 4.78 is 19.4. The number of morpholine rings is 1. The number of hydrogen-bond acceptors (Lipinski definition) is 3. The first kappa shape index (κ1) is 14.4. The van der Waals surface area contributed by atoms with E-state index in [0.29, 0.717) is 18.7 Å². The van der Waals surface area contributed by atoms with Gasteiger partial charge in [-0.15, -0.1) is 0 Å². The highest BCUT2D eigenvalue weighted by molar-refractivity contribution is 5.26. The summed E-state index contributed by atoms with van der Waals surface area (Å²) >= 11 is 0. The lowest BCUT2D eigenvalue weighted by Crippen LogP contribution is -2.50. The van der Waals surface area contributed by atoms with Gasteiger partial charge in [0.25, 0.3) is 0 Å². The highest BCUT2D eigenvalue weighted by Crippen LogP contribution is 2.27. The lowest BCUT2D eigenvalue weighted by atomic mass is 9.99. The van der Waals surface area contributed by atoms with E-state index in [2.05, 4.69) is 18.7 Å². The fraction of sp³-hybridized carbons (Fsp3) is 0.600. The van der Waals surface area contributed by atoms with Crippen LogP contribution in [0.4, 0.5) is 4.39 Å². The molecule has 1 aromatic rings. The largest absolute Gasteiger partial charge is 0.373 e. The van der Waals surface area contributed by atoms with Crippen molar-refractivity contribution in [3.63, 3.8) is 0 Å². The smallest absolute Gasteiger partial charge is 0.126 e. The van der Waals surface area contributed by atoms with E-state index in [1.165, 1.54) is 0 Å². The summed E-state index contributed by atoms with van der Waals surface area (Å²) in [7, 11) is 0. The molecule has 0 radical (unpaired) electrons. The Labute approximate surface area is 114 Å². The Hall–Kier alpha value is -0.970. The molecule has 1 aliphatic rings. The van der Waals surface area contributed by atoms with Gasteiger partial charge in [0.05, 0.1) is 12.2 Å². The maximum atomic E-state index is 13.7. The average Bonchev–Trinajstić information content (AvgIpc) is 2.33. The fourth-order valence-electron chi connectivity index (χ4n) is 2.63. The molecule has 1 aliphatic heterocycles. The van der Waals surface area contributed by atoms with Gasteiger partial charge in [-0.25, -0.2) is 4.39 Å². The van der Waals surface area contributed by atoms with Crippen LogP contribution in [0.2, 0.25) is 0 Å². The SMILES string of the molecule is Cc1ccc(C(CN)N2CCOC(C)(C)C2)cc1F. The van der Waals surface area contributed by atoms with Crippen LogP contribution in [-0.2, 0) is 4.74 Å². The van der Waals surface area contributed by atoms with E-state index in [4.69, 9.17) is 10.5 Å². The second-order valence-electron chi connectivity index (χ2n) is 5.84. The number of benzene rings is 1. The molecule has 1 heterocycles. The number of halogens is 1. The molecule has 3 nitrogen and oxygen atoms in total. The molecule has 1 saturated heterocycles. The number of aryl methyl sites for hydroxylation is 1. The average molecular weight is 266 g/mol. The van der Waals surface area contributed by atoms with Crippen LogP contribution >= 0.6 is 0 Å². The quantitative estimate of drug-likeness (QED) is 0.912. The topological polar surface area (TPSA) is 38.5 Å². The van der Waals surface area contributed by atoms with Gasteiger partial charge in [-0.2, -0.15) is 0 Å². The Morgan fingerprint density at radius 1 is 1.47 bits per heavy atom. The standard InChI is InChI=1S/C15H23FN2O/c1-11-4-5-12(8-13(11)16)14(9-17)18-6-7-19-15(2,3)10-18/h4-5,8,14H,6-7,9-10,17H2,1-3H3. The minimum atomic E-state index is -0.172. The Bertz CT molecular complexity index is 448. The van der Waals surface area contributed by atoms with Crippen molar-refractivity contribution in [2.75, 3.05) is 26.2 Å². The molecule has 0 bridgehead atoms. The van der Waals surface area contributed by atoms with E-state index in [1.807, 2.05) is 12.1 Å². The summed E-state index contributed by atoms with van der Waals surface area (Å²) in [5.74, 6) is -0.163. The van der Waals surface area contributed by atoms with E-state index in [-0.39, 0.29) is 17.5 Å². The van der Waals surface area contributed by atoms with Crippen molar-refractivity contribution in [2.24, 2.45) is 5.73 Å². The van der Waals surface area contributed by atoms with Gasteiger partial charge in [-0.1, -0.05) is 12.1 Å². The first-order chi connectivity index (χ1) is 8.93. The molecule has 4 heteroatoms. The lowest BCUT2D eigenvalue weighted by Gasteiger charge is -2.42. The van der Waals surface area contributed by atoms with Gasteiger partial charge >= 0.3 is 0 Å². The van der Waals surface area contributed by atoms with Gasteiger partial charge in [-0.05, 0) is 38.0 Å². The molecule has 106 valence electrons. The van der Waals surface area contributed by atoms with Crippen LogP contribution in [0, 0.1) is 12.7 Å². The zero-order valence-corrected chi connectivity index (χ0v) is 11.9. The van der Waals surface area contributed by atoms with Crippen LogP contribution in [0.1, 0.15) is 31.0 Å². The molecular formula is C15H23FN2O. The molecule has 2 rings (SSSR count). The summed E-state index contributed by atoms with van der Waals surface area (Å²) in [6.45, 7) is 8.74. The van der Waals surface area contributed by atoms with E-state index < -0.39 is 0 Å². The van der Waals surface area contributed by atoms with Crippen molar-refractivity contribution < 1.29 is 9.13 Å². The third-order valence-electron chi connectivity index (χ3n) is 3.70. The van der Waals surface area contributed by atoms with Crippen molar-refractivity contribution >= 4 is 0 Å². The van der Waals surface area contributed by atoms with Gasteiger partial charge in [0, 0.05) is 25.7 Å². The molecule has 2 N–H and O–H groups in total. The highest BCUT2D eigenvalue weighted by Gasteiger charge is 2.31. The Balaban J connectivity index is 2.21. The number of rotatable bonds is 3. The first-order valence-corrected chi connectivity index (χ1v) is 6.77. The van der Waals surface area contributed by atoms with Gasteiger partial charge in [0.15, 0.2) is 0 Å². The third-order valence-corrected chi connectivity index (χ3v) is 3.70. The molecule has 1 unspecified atom stereocenters. The van der Waals surface area contributed by atoms with E-state index in [9.17, 15) is 4.39 Å². The molecule has 0 aliphatic carbocycles. The van der Waals surface area contributed by atoms with Crippen LogP contribution in [0.3, 0.4) is 0 Å². The first-order valence-electron chi connectivity index (χ1n) is 6.77. The maximum absolute atomic E-state index is 13.7. The number of nitrogens with zero attached hydrogens (tertiary/aromatic N) is 1. The summed E-state index contributed by atoms with van der Waals surface area (Å²) in [5, 5.41) is 0.